The van der Waals surface area contributed by atoms with E-state index in [0.29, 0.717) is 18.1 Å². The van der Waals surface area contributed by atoms with E-state index < -0.39 is 0 Å². The molecule has 0 aliphatic heterocycles. The predicted octanol–water partition coefficient (Wildman–Crippen LogP) is 4.31. The molecule has 116 valence electrons. The zero-order chi connectivity index (χ0) is 16.1. The van der Waals surface area contributed by atoms with E-state index in [2.05, 4.69) is 5.32 Å². The Kier molecular flexibility index (Phi) is 4.43. The fourth-order valence-electron chi connectivity index (χ4n) is 2.17. The number of furan rings is 1. The van der Waals surface area contributed by atoms with Gasteiger partial charge in [0.2, 0.25) is 0 Å². The van der Waals surface area contributed by atoms with E-state index in [1.54, 1.807) is 19.1 Å². The first-order valence-corrected chi connectivity index (χ1v) is 7.37. The van der Waals surface area contributed by atoms with Gasteiger partial charge in [0.1, 0.15) is 17.3 Å². The molecule has 0 saturated heterocycles. The van der Waals surface area contributed by atoms with Gasteiger partial charge >= 0.3 is 0 Å². The maximum Gasteiger partial charge on any atom is 0.287 e. The van der Waals surface area contributed by atoms with Crippen LogP contribution < -0.4 is 10.1 Å². The number of amides is 1. The highest BCUT2D eigenvalue weighted by atomic mass is 16.5. The van der Waals surface area contributed by atoms with Crippen molar-refractivity contribution in [3.63, 3.8) is 0 Å². The number of benzene rings is 2. The van der Waals surface area contributed by atoms with E-state index in [-0.39, 0.29) is 5.91 Å². The SMILES string of the molecule is Cc1ccc(C(=O)NCc2cccc(Oc3ccccc3)c2)o1. The molecule has 0 bridgehead atoms. The largest absolute Gasteiger partial charge is 0.457 e. The number of nitrogens with one attached hydrogen (secondary N) is 1. The van der Waals surface area contributed by atoms with Crippen LogP contribution >= 0.6 is 0 Å². The molecular weight excluding hydrogens is 290 g/mol. The molecule has 0 saturated carbocycles. The molecule has 0 spiro atoms. The van der Waals surface area contributed by atoms with Crippen LogP contribution in [0.5, 0.6) is 11.5 Å². The maximum absolute atomic E-state index is 12.0. The Morgan fingerprint density at radius 3 is 2.52 bits per heavy atom. The molecule has 0 aliphatic carbocycles. The molecule has 4 nitrogen and oxygen atoms in total. The number of ether oxygens (including phenoxy) is 1. The topological polar surface area (TPSA) is 51.5 Å². The van der Waals surface area contributed by atoms with Gasteiger partial charge in [0.25, 0.3) is 5.91 Å². The first-order chi connectivity index (χ1) is 11.2. The third-order valence-corrected chi connectivity index (χ3v) is 3.29. The summed E-state index contributed by atoms with van der Waals surface area (Å²) in [5.74, 6) is 2.32. The molecule has 2 aromatic carbocycles. The molecule has 0 aliphatic rings. The Morgan fingerprint density at radius 2 is 1.78 bits per heavy atom. The number of carbonyl (C=O) groups excluding carboxylic acids is 1. The molecule has 3 rings (SSSR count). The summed E-state index contributed by atoms with van der Waals surface area (Å²) in [6.45, 7) is 2.21. The van der Waals surface area contributed by atoms with Gasteiger partial charge in [0, 0.05) is 6.54 Å². The Balaban J connectivity index is 1.62. The van der Waals surface area contributed by atoms with E-state index in [9.17, 15) is 4.79 Å². The highest BCUT2D eigenvalue weighted by molar-refractivity contribution is 5.91. The minimum atomic E-state index is -0.229. The van der Waals surface area contributed by atoms with Crippen LogP contribution in [-0.4, -0.2) is 5.91 Å². The highest BCUT2D eigenvalue weighted by Crippen LogP contribution is 2.21. The van der Waals surface area contributed by atoms with Gasteiger partial charge in [0.05, 0.1) is 0 Å². The van der Waals surface area contributed by atoms with Crippen LogP contribution in [0, 0.1) is 6.92 Å². The summed E-state index contributed by atoms with van der Waals surface area (Å²) in [7, 11) is 0. The molecular formula is C19H17NO3. The highest BCUT2D eigenvalue weighted by Gasteiger charge is 2.09. The van der Waals surface area contributed by atoms with Crippen molar-refractivity contribution in [2.24, 2.45) is 0 Å². The van der Waals surface area contributed by atoms with Crippen molar-refractivity contribution >= 4 is 5.91 Å². The van der Waals surface area contributed by atoms with Crippen LogP contribution in [-0.2, 0) is 6.54 Å². The van der Waals surface area contributed by atoms with Crippen molar-refractivity contribution in [2.45, 2.75) is 13.5 Å². The number of aryl methyl sites for hydroxylation is 1. The Morgan fingerprint density at radius 1 is 1.00 bits per heavy atom. The second-order valence-electron chi connectivity index (χ2n) is 5.16. The van der Waals surface area contributed by atoms with Gasteiger partial charge in [-0.1, -0.05) is 30.3 Å². The van der Waals surface area contributed by atoms with Crippen LogP contribution in [0.4, 0.5) is 0 Å². The summed E-state index contributed by atoms with van der Waals surface area (Å²) in [6, 6.07) is 20.6. The third-order valence-electron chi connectivity index (χ3n) is 3.29. The summed E-state index contributed by atoms with van der Waals surface area (Å²) in [5, 5.41) is 2.83. The van der Waals surface area contributed by atoms with Gasteiger partial charge in [0.15, 0.2) is 5.76 Å². The van der Waals surface area contributed by atoms with Crippen LogP contribution in [0.2, 0.25) is 0 Å². The monoisotopic (exact) mass is 307 g/mol. The number of carbonyl (C=O) groups is 1. The lowest BCUT2D eigenvalue weighted by Gasteiger charge is -2.08. The van der Waals surface area contributed by atoms with E-state index >= 15 is 0 Å². The number of hydrogen-bond donors (Lipinski definition) is 1. The Hall–Kier alpha value is -3.01. The first kappa shape index (κ1) is 14.9. The molecule has 0 radical (unpaired) electrons. The van der Waals surface area contributed by atoms with Crippen molar-refractivity contribution in [1.82, 2.24) is 5.32 Å². The minimum absolute atomic E-state index is 0.229. The van der Waals surface area contributed by atoms with E-state index in [0.717, 1.165) is 17.1 Å². The molecule has 1 amide bonds. The molecule has 4 heteroatoms. The van der Waals surface area contributed by atoms with E-state index in [1.165, 1.54) is 0 Å². The van der Waals surface area contributed by atoms with Crippen molar-refractivity contribution < 1.29 is 13.9 Å². The smallest absolute Gasteiger partial charge is 0.287 e. The molecule has 1 heterocycles. The Bertz CT molecular complexity index is 793. The molecule has 1 N–H and O–H groups in total. The van der Waals surface area contributed by atoms with Crippen LogP contribution in [0.3, 0.4) is 0 Å². The summed E-state index contributed by atoms with van der Waals surface area (Å²) < 4.78 is 11.1. The van der Waals surface area contributed by atoms with Gasteiger partial charge in [-0.2, -0.15) is 0 Å². The quantitative estimate of drug-likeness (QED) is 0.764. The summed E-state index contributed by atoms with van der Waals surface area (Å²) in [6.07, 6.45) is 0. The number of rotatable bonds is 5. The summed E-state index contributed by atoms with van der Waals surface area (Å²) in [4.78, 5) is 12.0. The van der Waals surface area contributed by atoms with Crippen molar-refractivity contribution in [3.8, 4) is 11.5 Å². The predicted molar refractivity (Wildman–Crippen MR) is 87.6 cm³/mol. The fraction of sp³-hybridized carbons (Fsp3) is 0.105. The normalized spacial score (nSPS) is 10.3. The molecule has 0 atom stereocenters. The first-order valence-electron chi connectivity index (χ1n) is 7.37. The van der Waals surface area contributed by atoms with Gasteiger partial charge < -0.3 is 14.5 Å². The van der Waals surface area contributed by atoms with Crippen LogP contribution in [0.25, 0.3) is 0 Å². The lowest BCUT2D eigenvalue weighted by Crippen LogP contribution is -2.22. The van der Waals surface area contributed by atoms with Crippen molar-refractivity contribution in [3.05, 3.63) is 83.8 Å². The average molecular weight is 307 g/mol. The minimum Gasteiger partial charge on any atom is -0.457 e. The zero-order valence-electron chi connectivity index (χ0n) is 12.8. The van der Waals surface area contributed by atoms with Crippen LogP contribution in [0.1, 0.15) is 21.9 Å². The standard InChI is InChI=1S/C19H17NO3/c1-14-10-11-18(22-14)19(21)20-13-15-6-5-9-17(12-15)23-16-7-3-2-4-8-16/h2-12H,13H2,1H3,(H,20,21). The van der Waals surface area contributed by atoms with Crippen molar-refractivity contribution in [2.75, 3.05) is 0 Å². The van der Waals surface area contributed by atoms with Gasteiger partial charge in [-0.25, -0.2) is 0 Å². The van der Waals surface area contributed by atoms with Crippen LogP contribution in [0.15, 0.2) is 71.1 Å². The number of hydrogen-bond acceptors (Lipinski definition) is 3. The fourth-order valence-corrected chi connectivity index (χ4v) is 2.17. The van der Waals surface area contributed by atoms with Gasteiger partial charge in [-0.15, -0.1) is 0 Å². The number of para-hydroxylation sites is 1. The lowest BCUT2D eigenvalue weighted by atomic mass is 10.2. The van der Waals surface area contributed by atoms with Gasteiger partial charge in [-0.3, -0.25) is 4.79 Å². The molecule has 0 fully saturated rings. The third kappa shape index (κ3) is 4.01. The lowest BCUT2D eigenvalue weighted by molar-refractivity contribution is 0.0922. The molecule has 0 unspecified atom stereocenters. The van der Waals surface area contributed by atoms with E-state index in [1.807, 2.05) is 54.6 Å². The van der Waals surface area contributed by atoms with Crippen molar-refractivity contribution in [1.29, 1.82) is 0 Å². The molecule has 1 aromatic heterocycles. The summed E-state index contributed by atoms with van der Waals surface area (Å²) >= 11 is 0. The average Bonchev–Trinajstić information content (AvgIpc) is 3.01. The second kappa shape index (κ2) is 6.83. The molecule has 3 aromatic rings. The second-order valence-corrected chi connectivity index (χ2v) is 5.16. The summed E-state index contributed by atoms with van der Waals surface area (Å²) in [5.41, 5.74) is 0.954. The maximum atomic E-state index is 12.0. The van der Waals surface area contributed by atoms with Gasteiger partial charge in [-0.05, 0) is 48.9 Å². The zero-order valence-corrected chi connectivity index (χ0v) is 12.8. The van der Waals surface area contributed by atoms with E-state index in [4.69, 9.17) is 9.15 Å². The Labute approximate surface area is 134 Å². The molecule has 23 heavy (non-hydrogen) atoms.